The first-order valence-corrected chi connectivity index (χ1v) is 11.3. The van der Waals surface area contributed by atoms with Crippen molar-refractivity contribution in [2.75, 3.05) is 27.9 Å². The molecule has 3 aromatic rings. The minimum atomic E-state index is 0.0959. The molecule has 2 aliphatic heterocycles. The van der Waals surface area contributed by atoms with Gasteiger partial charge in [-0.1, -0.05) is 13.0 Å². The minimum absolute atomic E-state index is 0.0959. The van der Waals surface area contributed by atoms with Gasteiger partial charge in [-0.2, -0.15) is 0 Å². The zero-order valence-corrected chi connectivity index (χ0v) is 19.2. The molecule has 2 atom stereocenters. The van der Waals surface area contributed by atoms with E-state index in [2.05, 4.69) is 35.3 Å². The molecule has 1 N–H and O–H groups in total. The van der Waals surface area contributed by atoms with Crippen LogP contribution in [0.25, 0.3) is 21.5 Å². The summed E-state index contributed by atoms with van der Waals surface area (Å²) in [5.41, 5.74) is 2.49. The number of carbonyl (C=O) groups excluding carboxylic acids is 1. The van der Waals surface area contributed by atoms with Crippen molar-refractivity contribution < 1.29 is 19.0 Å². The summed E-state index contributed by atoms with van der Waals surface area (Å²) < 4.78 is 16.8. The molecule has 3 aromatic carbocycles. The highest BCUT2D eigenvalue weighted by Gasteiger charge is 2.43. The molecular formula is C26H30N2O4. The molecular weight excluding hydrogens is 404 g/mol. The smallest absolute Gasteiger partial charge is 0.223 e. The molecule has 1 amide bonds. The molecule has 2 aliphatic rings. The molecule has 0 saturated carbocycles. The van der Waals surface area contributed by atoms with Crippen LogP contribution in [0, 0.1) is 0 Å². The number of methoxy groups -OCH3 is 3. The van der Waals surface area contributed by atoms with Crippen molar-refractivity contribution in [1.82, 2.24) is 10.2 Å². The molecule has 0 radical (unpaired) electrons. The molecule has 0 unspecified atom stereocenters. The van der Waals surface area contributed by atoms with Gasteiger partial charge in [0.1, 0.15) is 5.75 Å². The van der Waals surface area contributed by atoms with Crippen LogP contribution >= 0.6 is 0 Å². The summed E-state index contributed by atoms with van der Waals surface area (Å²) in [6, 6.07) is 10.7. The highest BCUT2D eigenvalue weighted by atomic mass is 16.5. The molecule has 0 aliphatic carbocycles. The van der Waals surface area contributed by atoms with Crippen LogP contribution in [0.5, 0.6) is 17.2 Å². The Morgan fingerprint density at radius 3 is 2.38 bits per heavy atom. The molecule has 6 nitrogen and oxygen atoms in total. The monoisotopic (exact) mass is 434 g/mol. The minimum Gasteiger partial charge on any atom is -0.497 e. The Bertz CT molecular complexity index is 1210. The second-order valence-electron chi connectivity index (χ2n) is 8.62. The highest BCUT2D eigenvalue weighted by Crippen LogP contribution is 2.47. The number of nitrogens with one attached hydrogen (secondary N) is 1. The normalized spacial score (nSPS) is 19.9. The van der Waals surface area contributed by atoms with Gasteiger partial charge in [-0.15, -0.1) is 0 Å². The maximum absolute atomic E-state index is 12.8. The number of nitrogens with zero attached hydrogens (tertiary/aromatic N) is 1. The van der Waals surface area contributed by atoms with E-state index in [4.69, 9.17) is 14.2 Å². The van der Waals surface area contributed by atoms with E-state index in [1.165, 1.54) is 16.5 Å². The predicted molar refractivity (Wildman–Crippen MR) is 126 cm³/mol. The van der Waals surface area contributed by atoms with Crippen LogP contribution in [0.4, 0.5) is 0 Å². The lowest BCUT2D eigenvalue weighted by Gasteiger charge is -2.40. The Hall–Kier alpha value is -2.99. The van der Waals surface area contributed by atoms with E-state index in [-0.39, 0.29) is 18.0 Å². The largest absolute Gasteiger partial charge is 0.497 e. The van der Waals surface area contributed by atoms with E-state index in [0.29, 0.717) is 24.5 Å². The molecule has 0 aromatic heterocycles. The van der Waals surface area contributed by atoms with Gasteiger partial charge in [0, 0.05) is 13.0 Å². The van der Waals surface area contributed by atoms with E-state index >= 15 is 0 Å². The number of hydrogen-bond acceptors (Lipinski definition) is 5. The predicted octanol–water partition coefficient (Wildman–Crippen LogP) is 4.56. The van der Waals surface area contributed by atoms with Gasteiger partial charge in [-0.3, -0.25) is 4.79 Å². The van der Waals surface area contributed by atoms with Crippen LogP contribution in [-0.2, 0) is 11.3 Å². The van der Waals surface area contributed by atoms with E-state index in [1.807, 2.05) is 12.1 Å². The van der Waals surface area contributed by atoms with Gasteiger partial charge in [0.05, 0.1) is 33.4 Å². The van der Waals surface area contributed by atoms with Crippen molar-refractivity contribution >= 4 is 27.5 Å². The SMILES string of the molecule is CCCN[C@H]1c2c(c3cc(OC)c(OC)cc3c3cc(OC)ccc23)CN2C(=O)CC[C@@H]12. The summed E-state index contributed by atoms with van der Waals surface area (Å²) in [6.07, 6.45) is 2.54. The van der Waals surface area contributed by atoms with Gasteiger partial charge >= 0.3 is 0 Å². The molecule has 5 rings (SSSR count). The first kappa shape index (κ1) is 20.9. The lowest BCUT2D eigenvalue weighted by molar-refractivity contribution is -0.130. The van der Waals surface area contributed by atoms with Gasteiger partial charge in [0.15, 0.2) is 11.5 Å². The van der Waals surface area contributed by atoms with E-state index in [9.17, 15) is 4.79 Å². The number of ether oxygens (including phenoxy) is 3. The molecule has 2 heterocycles. The fourth-order valence-electron chi connectivity index (χ4n) is 5.50. The standard InChI is InChI=1S/C26H30N2O4/c1-5-10-27-26-21-8-9-24(29)28(21)14-20-19-13-23(32-4)22(31-3)12-18(19)17-11-15(30-2)6-7-16(17)25(20)26/h6-7,11-13,21,26-27H,5,8-10,14H2,1-4H3/t21-,26+/m0/s1. The second kappa shape index (κ2) is 8.17. The van der Waals surface area contributed by atoms with Crippen LogP contribution in [0.1, 0.15) is 43.4 Å². The quantitative estimate of drug-likeness (QED) is 0.576. The van der Waals surface area contributed by atoms with Crippen molar-refractivity contribution in [3.63, 3.8) is 0 Å². The fourth-order valence-corrected chi connectivity index (χ4v) is 5.50. The van der Waals surface area contributed by atoms with Gasteiger partial charge in [-0.05, 0) is 76.3 Å². The average Bonchev–Trinajstić information content (AvgIpc) is 3.21. The summed E-state index contributed by atoms with van der Waals surface area (Å²) in [4.78, 5) is 14.9. The number of rotatable bonds is 6. The van der Waals surface area contributed by atoms with Gasteiger partial charge in [-0.25, -0.2) is 0 Å². The topological polar surface area (TPSA) is 60.0 Å². The van der Waals surface area contributed by atoms with Crippen LogP contribution in [0.3, 0.4) is 0 Å². The Balaban J connectivity index is 1.88. The summed E-state index contributed by atoms with van der Waals surface area (Å²) in [5.74, 6) is 2.44. The van der Waals surface area contributed by atoms with E-state index < -0.39 is 0 Å². The van der Waals surface area contributed by atoms with Crippen LogP contribution in [0.2, 0.25) is 0 Å². The third-order valence-corrected chi connectivity index (χ3v) is 6.99. The molecule has 1 fully saturated rings. The number of carbonyl (C=O) groups is 1. The maximum Gasteiger partial charge on any atom is 0.223 e. The molecule has 32 heavy (non-hydrogen) atoms. The van der Waals surface area contributed by atoms with Crippen molar-refractivity contribution in [3.05, 3.63) is 41.5 Å². The highest BCUT2D eigenvalue weighted by molar-refractivity contribution is 6.12. The number of hydrogen-bond donors (Lipinski definition) is 1. The summed E-state index contributed by atoms with van der Waals surface area (Å²) in [7, 11) is 5.01. The van der Waals surface area contributed by atoms with Crippen LogP contribution in [-0.4, -0.2) is 44.7 Å². The molecule has 6 heteroatoms. The van der Waals surface area contributed by atoms with Gasteiger partial charge < -0.3 is 24.4 Å². The molecule has 0 bridgehead atoms. The Kier molecular flexibility index (Phi) is 5.33. The summed E-state index contributed by atoms with van der Waals surface area (Å²) >= 11 is 0. The zero-order chi connectivity index (χ0) is 22.4. The summed E-state index contributed by atoms with van der Waals surface area (Å²) in [5, 5.41) is 8.28. The maximum atomic E-state index is 12.8. The number of fused-ring (bicyclic) bond motifs is 7. The lowest BCUT2D eigenvalue weighted by Crippen LogP contribution is -2.46. The fraction of sp³-hybridized carbons (Fsp3) is 0.423. The number of benzene rings is 3. The molecule has 1 saturated heterocycles. The lowest BCUT2D eigenvalue weighted by atomic mass is 9.82. The molecule has 0 spiro atoms. The van der Waals surface area contributed by atoms with E-state index in [1.54, 1.807) is 21.3 Å². The van der Waals surface area contributed by atoms with E-state index in [0.717, 1.165) is 41.3 Å². The average molecular weight is 435 g/mol. The van der Waals surface area contributed by atoms with Crippen molar-refractivity contribution in [2.24, 2.45) is 0 Å². The Morgan fingerprint density at radius 2 is 1.69 bits per heavy atom. The molecule has 168 valence electrons. The summed E-state index contributed by atoms with van der Waals surface area (Å²) in [6.45, 7) is 3.70. The third kappa shape index (κ3) is 3.08. The van der Waals surface area contributed by atoms with Crippen molar-refractivity contribution in [3.8, 4) is 17.2 Å². The first-order valence-electron chi connectivity index (χ1n) is 11.3. The first-order chi connectivity index (χ1) is 15.6. The Morgan fingerprint density at radius 1 is 0.969 bits per heavy atom. The van der Waals surface area contributed by atoms with Crippen molar-refractivity contribution in [2.45, 2.75) is 44.8 Å². The van der Waals surface area contributed by atoms with Crippen LogP contribution in [0.15, 0.2) is 30.3 Å². The van der Waals surface area contributed by atoms with Gasteiger partial charge in [0.2, 0.25) is 5.91 Å². The zero-order valence-electron chi connectivity index (χ0n) is 19.2. The number of amides is 1. The van der Waals surface area contributed by atoms with Crippen LogP contribution < -0.4 is 19.5 Å². The van der Waals surface area contributed by atoms with Gasteiger partial charge in [0.25, 0.3) is 0 Å². The Labute approximate surface area is 188 Å². The third-order valence-electron chi connectivity index (χ3n) is 6.99. The van der Waals surface area contributed by atoms with Crippen molar-refractivity contribution in [1.29, 1.82) is 0 Å². The second-order valence-corrected chi connectivity index (χ2v) is 8.62.